The lowest BCUT2D eigenvalue weighted by Crippen LogP contribution is -2.12. The van der Waals surface area contributed by atoms with Crippen molar-refractivity contribution in [2.24, 2.45) is 5.73 Å². The summed E-state index contributed by atoms with van der Waals surface area (Å²) in [4.78, 5) is 9.58. The van der Waals surface area contributed by atoms with Crippen LogP contribution in [0.4, 0.5) is 0 Å². The Morgan fingerprint density at radius 2 is 2.17 bits per heavy atom. The van der Waals surface area contributed by atoms with E-state index in [0.29, 0.717) is 0 Å². The summed E-state index contributed by atoms with van der Waals surface area (Å²) >= 11 is 1.60. The molecule has 3 nitrogen and oxygen atoms in total. The highest BCUT2D eigenvalue weighted by Crippen LogP contribution is 2.30. The molecule has 2 N–H and O–H groups in total. The first-order chi connectivity index (χ1) is 8.77. The molecule has 0 spiro atoms. The van der Waals surface area contributed by atoms with E-state index in [9.17, 15) is 0 Å². The van der Waals surface area contributed by atoms with Gasteiger partial charge in [0, 0.05) is 22.7 Å². The van der Waals surface area contributed by atoms with Crippen molar-refractivity contribution < 1.29 is 0 Å². The second-order valence-electron chi connectivity index (χ2n) is 4.22. The quantitative estimate of drug-likeness (QED) is 0.765. The summed E-state index contributed by atoms with van der Waals surface area (Å²) in [5, 5.41) is 2.28. The molecule has 0 aliphatic carbocycles. The third-order valence-corrected chi connectivity index (χ3v) is 4.13. The highest BCUT2D eigenvalue weighted by atomic mass is 32.1. The second-order valence-corrected chi connectivity index (χ2v) is 5.11. The van der Waals surface area contributed by atoms with Gasteiger partial charge in [-0.15, -0.1) is 11.3 Å². The smallest absolute Gasteiger partial charge is 0.0798 e. The molecule has 1 atom stereocenters. The molecule has 0 fully saturated rings. The minimum absolute atomic E-state index is 0.134. The molecule has 2 aromatic heterocycles. The number of aryl methyl sites for hydroxylation is 1. The molecular weight excluding hydrogens is 242 g/mol. The Kier molecular flexibility index (Phi) is 2.81. The lowest BCUT2D eigenvalue weighted by Gasteiger charge is -2.13. The number of hydrogen-bond donors (Lipinski definition) is 1. The van der Waals surface area contributed by atoms with Crippen LogP contribution in [0.15, 0.2) is 42.2 Å². The van der Waals surface area contributed by atoms with Gasteiger partial charge in [-0.1, -0.05) is 18.2 Å². The van der Waals surface area contributed by atoms with Gasteiger partial charge in [0.25, 0.3) is 0 Å². The van der Waals surface area contributed by atoms with E-state index < -0.39 is 0 Å². The molecule has 3 rings (SSSR count). The van der Waals surface area contributed by atoms with Crippen molar-refractivity contribution in [2.45, 2.75) is 13.0 Å². The topological polar surface area (TPSA) is 51.8 Å². The monoisotopic (exact) mass is 255 g/mol. The first-order valence-electron chi connectivity index (χ1n) is 5.75. The zero-order chi connectivity index (χ0) is 12.5. The molecule has 1 unspecified atom stereocenters. The lowest BCUT2D eigenvalue weighted by molar-refractivity contribution is 0.886. The van der Waals surface area contributed by atoms with Crippen molar-refractivity contribution in [3.63, 3.8) is 0 Å². The van der Waals surface area contributed by atoms with E-state index in [1.165, 1.54) is 5.39 Å². The average Bonchev–Trinajstić information content (AvgIpc) is 2.83. The largest absolute Gasteiger partial charge is 0.320 e. The van der Waals surface area contributed by atoms with Crippen LogP contribution in [0, 0.1) is 6.92 Å². The van der Waals surface area contributed by atoms with Crippen molar-refractivity contribution in [1.29, 1.82) is 0 Å². The fraction of sp³-hybridized carbons (Fsp3) is 0.143. The van der Waals surface area contributed by atoms with Gasteiger partial charge in [0.2, 0.25) is 0 Å². The van der Waals surface area contributed by atoms with Gasteiger partial charge in [-0.3, -0.25) is 4.98 Å². The summed E-state index contributed by atoms with van der Waals surface area (Å²) in [6.07, 6.45) is 3.68. The summed E-state index contributed by atoms with van der Waals surface area (Å²) < 4.78 is 0. The molecule has 0 aliphatic rings. The first kappa shape index (κ1) is 11.3. The van der Waals surface area contributed by atoms with Gasteiger partial charge in [-0.25, -0.2) is 4.98 Å². The number of hydrogen-bond acceptors (Lipinski definition) is 4. The molecule has 3 aromatic rings. The van der Waals surface area contributed by atoms with E-state index in [2.05, 4.69) is 22.1 Å². The molecule has 1 aromatic carbocycles. The zero-order valence-electron chi connectivity index (χ0n) is 10.00. The molecule has 0 saturated carbocycles. The predicted molar refractivity (Wildman–Crippen MR) is 74.6 cm³/mol. The molecule has 0 saturated heterocycles. The summed E-state index contributed by atoms with van der Waals surface area (Å²) in [7, 11) is 0. The second kappa shape index (κ2) is 4.48. The van der Waals surface area contributed by atoms with Crippen LogP contribution in [0.5, 0.6) is 0 Å². The number of pyridine rings is 1. The van der Waals surface area contributed by atoms with E-state index in [4.69, 9.17) is 5.73 Å². The van der Waals surface area contributed by atoms with Gasteiger partial charge < -0.3 is 5.73 Å². The van der Waals surface area contributed by atoms with Crippen molar-refractivity contribution in [3.05, 3.63) is 58.3 Å². The van der Waals surface area contributed by atoms with Crippen LogP contribution in [0.3, 0.4) is 0 Å². The standard InChI is InChI=1S/C14H13N3S/c1-9-14(18-8-17-9)13(15)11-4-2-3-10-5-6-16-7-12(10)11/h2-8,13H,15H2,1H3. The molecule has 0 aliphatic heterocycles. The fourth-order valence-electron chi connectivity index (χ4n) is 2.16. The highest BCUT2D eigenvalue weighted by Gasteiger charge is 2.16. The van der Waals surface area contributed by atoms with Gasteiger partial charge in [-0.2, -0.15) is 0 Å². The maximum Gasteiger partial charge on any atom is 0.0798 e. The van der Waals surface area contributed by atoms with Gasteiger partial charge in [0.15, 0.2) is 0 Å². The van der Waals surface area contributed by atoms with E-state index in [1.54, 1.807) is 17.5 Å². The van der Waals surface area contributed by atoms with Crippen molar-refractivity contribution in [1.82, 2.24) is 9.97 Å². The summed E-state index contributed by atoms with van der Waals surface area (Å²) in [5.74, 6) is 0. The molecule has 2 heterocycles. The number of nitrogens with zero attached hydrogens (tertiary/aromatic N) is 2. The minimum atomic E-state index is -0.134. The Hall–Kier alpha value is -1.78. The van der Waals surface area contributed by atoms with Crippen LogP contribution in [0.2, 0.25) is 0 Å². The fourth-order valence-corrected chi connectivity index (χ4v) is 2.98. The normalized spacial score (nSPS) is 12.8. The third-order valence-electron chi connectivity index (χ3n) is 3.12. The third kappa shape index (κ3) is 1.79. The van der Waals surface area contributed by atoms with Crippen LogP contribution in [0.1, 0.15) is 22.2 Å². The number of nitrogens with two attached hydrogens (primary N) is 1. The summed E-state index contributed by atoms with van der Waals surface area (Å²) in [6, 6.07) is 8.05. The molecule has 4 heteroatoms. The minimum Gasteiger partial charge on any atom is -0.320 e. The number of benzene rings is 1. The molecule has 0 bridgehead atoms. The summed E-state index contributed by atoms with van der Waals surface area (Å²) in [5.41, 5.74) is 10.3. The van der Waals surface area contributed by atoms with Crippen LogP contribution in [0.25, 0.3) is 10.8 Å². The van der Waals surface area contributed by atoms with Crippen LogP contribution in [-0.4, -0.2) is 9.97 Å². The van der Waals surface area contributed by atoms with Gasteiger partial charge in [0.1, 0.15) is 0 Å². The number of aromatic nitrogens is 2. The Balaban J connectivity index is 2.18. The zero-order valence-corrected chi connectivity index (χ0v) is 10.8. The highest BCUT2D eigenvalue weighted by molar-refractivity contribution is 7.09. The van der Waals surface area contributed by atoms with E-state index in [0.717, 1.165) is 21.5 Å². The maximum atomic E-state index is 6.37. The van der Waals surface area contributed by atoms with Crippen LogP contribution in [-0.2, 0) is 0 Å². The van der Waals surface area contributed by atoms with Crippen molar-refractivity contribution >= 4 is 22.1 Å². The Morgan fingerprint density at radius 1 is 1.28 bits per heavy atom. The molecule has 18 heavy (non-hydrogen) atoms. The molecular formula is C14H13N3S. The van der Waals surface area contributed by atoms with E-state index in [1.807, 2.05) is 30.8 Å². The van der Waals surface area contributed by atoms with Gasteiger partial charge in [-0.05, 0) is 23.9 Å². The molecule has 90 valence electrons. The van der Waals surface area contributed by atoms with Crippen molar-refractivity contribution in [3.8, 4) is 0 Å². The van der Waals surface area contributed by atoms with E-state index in [-0.39, 0.29) is 6.04 Å². The Labute approximate surface area is 109 Å². The van der Waals surface area contributed by atoms with Gasteiger partial charge in [0.05, 0.1) is 17.2 Å². The molecule has 0 amide bonds. The van der Waals surface area contributed by atoms with Crippen LogP contribution >= 0.6 is 11.3 Å². The Morgan fingerprint density at radius 3 is 2.94 bits per heavy atom. The van der Waals surface area contributed by atoms with Crippen LogP contribution < -0.4 is 5.73 Å². The number of thiazole rings is 1. The van der Waals surface area contributed by atoms with E-state index >= 15 is 0 Å². The SMILES string of the molecule is Cc1ncsc1C(N)c1cccc2ccncc12. The predicted octanol–water partition coefficient (Wildman–Crippen LogP) is 3.05. The van der Waals surface area contributed by atoms with Crippen molar-refractivity contribution in [2.75, 3.05) is 0 Å². The van der Waals surface area contributed by atoms with Gasteiger partial charge >= 0.3 is 0 Å². The maximum absolute atomic E-state index is 6.37. The first-order valence-corrected chi connectivity index (χ1v) is 6.63. The molecule has 0 radical (unpaired) electrons. The average molecular weight is 255 g/mol. The lowest BCUT2D eigenvalue weighted by atomic mass is 9.99. The number of fused-ring (bicyclic) bond motifs is 1. The number of rotatable bonds is 2. The Bertz CT molecular complexity index is 685. The summed E-state index contributed by atoms with van der Waals surface area (Å²) in [6.45, 7) is 2.00.